The van der Waals surface area contributed by atoms with Crippen molar-refractivity contribution in [2.45, 2.75) is 39.3 Å². The average molecular weight is 264 g/mol. The van der Waals surface area contributed by atoms with Crippen LogP contribution in [0.2, 0.25) is 0 Å². The van der Waals surface area contributed by atoms with Crippen LogP contribution in [0.1, 0.15) is 26.7 Å². The van der Waals surface area contributed by atoms with Crippen LogP contribution in [0.5, 0.6) is 0 Å². The molecule has 5 heteroatoms. The van der Waals surface area contributed by atoms with E-state index in [1.165, 1.54) is 12.8 Å². The van der Waals surface area contributed by atoms with Crippen molar-refractivity contribution in [1.29, 1.82) is 0 Å². The molecule has 1 aliphatic rings. The van der Waals surface area contributed by atoms with Gasteiger partial charge in [0.1, 0.15) is 0 Å². The third kappa shape index (κ3) is 3.35. The van der Waals surface area contributed by atoms with Gasteiger partial charge in [-0.1, -0.05) is 13.8 Å². The lowest BCUT2D eigenvalue weighted by Crippen LogP contribution is -2.39. The van der Waals surface area contributed by atoms with Gasteiger partial charge in [-0.3, -0.25) is 4.79 Å². The highest BCUT2D eigenvalue weighted by molar-refractivity contribution is 5.43. The number of likely N-dealkylation sites (N-methyl/N-ethyl adjacent to an activating group) is 1. The van der Waals surface area contributed by atoms with Crippen molar-refractivity contribution in [3.63, 3.8) is 0 Å². The fourth-order valence-corrected chi connectivity index (χ4v) is 2.53. The Morgan fingerprint density at radius 1 is 1.37 bits per heavy atom. The maximum atomic E-state index is 12.1. The summed E-state index contributed by atoms with van der Waals surface area (Å²) in [6, 6.07) is 1.98. The van der Waals surface area contributed by atoms with Crippen molar-refractivity contribution in [1.82, 2.24) is 15.1 Å². The first-order valence-corrected chi connectivity index (χ1v) is 7.11. The lowest BCUT2D eigenvalue weighted by atomic mass is 10.1. The molecule has 1 aromatic heterocycles. The second kappa shape index (κ2) is 6.19. The number of nitrogens with one attached hydrogen (secondary N) is 1. The average Bonchev–Trinajstić information content (AvgIpc) is 2.90. The Hall–Kier alpha value is -1.36. The third-order valence-electron chi connectivity index (χ3n) is 3.87. The van der Waals surface area contributed by atoms with E-state index in [4.69, 9.17) is 0 Å². The van der Waals surface area contributed by atoms with Gasteiger partial charge in [-0.2, -0.15) is 5.10 Å². The van der Waals surface area contributed by atoms with Gasteiger partial charge in [0.25, 0.3) is 5.56 Å². The van der Waals surface area contributed by atoms with E-state index < -0.39 is 0 Å². The molecule has 106 valence electrons. The zero-order valence-corrected chi connectivity index (χ0v) is 12.1. The fourth-order valence-electron chi connectivity index (χ4n) is 2.53. The maximum absolute atomic E-state index is 12.1. The van der Waals surface area contributed by atoms with Gasteiger partial charge in [0.05, 0.1) is 18.4 Å². The lowest BCUT2D eigenvalue weighted by molar-refractivity contribution is 0.355. The Balaban J connectivity index is 2.12. The number of rotatable bonds is 5. The zero-order valence-electron chi connectivity index (χ0n) is 12.1. The predicted molar refractivity (Wildman–Crippen MR) is 77.6 cm³/mol. The van der Waals surface area contributed by atoms with Crippen molar-refractivity contribution in [3.05, 3.63) is 22.6 Å². The molecule has 1 N–H and O–H groups in total. The predicted octanol–water partition coefficient (Wildman–Crippen LogP) is 1.09. The van der Waals surface area contributed by atoms with Crippen molar-refractivity contribution >= 4 is 5.69 Å². The van der Waals surface area contributed by atoms with Gasteiger partial charge in [-0.05, 0) is 25.8 Å². The summed E-state index contributed by atoms with van der Waals surface area (Å²) in [6.45, 7) is 6.98. The number of anilines is 1. The quantitative estimate of drug-likeness (QED) is 0.865. The molecule has 1 atom stereocenters. The second-order valence-electron chi connectivity index (χ2n) is 5.57. The van der Waals surface area contributed by atoms with E-state index in [1.807, 2.05) is 13.2 Å². The number of nitrogens with zero attached hydrogens (tertiary/aromatic N) is 3. The SMILES string of the molecule is CNC(Cn1ncc(N2CCCC2)cc1=O)C(C)C. The molecule has 1 unspecified atom stereocenters. The van der Waals surface area contributed by atoms with Crippen molar-refractivity contribution < 1.29 is 0 Å². The minimum atomic E-state index is -0.00898. The Labute approximate surface area is 114 Å². The highest BCUT2D eigenvalue weighted by Gasteiger charge is 2.16. The Morgan fingerprint density at radius 3 is 2.58 bits per heavy atom. The summed E-state index contributed by atoms with van der Waals surface area (Å²) in [5, 5.41) is 7.55. The normalized spacial score (nSPS) is 17.2. The highest BCUT2D eigenvalue weighted by atomic mass is 16.1. The first-order valence-electron chi connectivity index (χ1n) is 7.11. The van der Waals surface area contributed by atoms with Crippen molar-refractivity contribution in [2.75, 3.05) is 25.0 Å². The van der Waals surface area contributed by atoms with Gasteiger partial charge in [0.2, 0.25) is 0 Å². The summed E-state index contributed by atoms with van der Waals surface area (Å²) in [5.74, 6) is 0.469. The Bertz CT molecular complexity index is 463. The van der Waals surface area contributed by atoms with E-state index in [2.05, 4.69) is 29.2 Å². The molecule has 0 amide bonds. The molecule has 0 saturated carbocycles. The van der Waals surface area contributed by atoms with E-state index in [9.17, 15) is 4.79 Å². The molecule has 2 heterocycles. The van der Waals surface area contributed by atoms with Crippen molar-refractivity contribution in [2.24, 2.45) is 5.92 Å². The van der Waals surface area contributed by atoms with Gasteiger partial charge >= 0.3 is 0 Å². The van der Waals surface area contributed by atoms with Crippen LogP contribution in [-0.4, -0.2) is 36.0 Å². The molecule has 1 fully saturated rings. The monoisotopic (exact) mass is 264 g/mol. The van der Waals surface area contributed by atoms with Gasteiger partial charge in [0.15, 0.2) is 0 Å². The molecule has 0 aliphatic carbocycles. The molecule has 1 aromatic rings. The minimum absolute atomic E-state index is 0.00898. The summed E-state index contributed by atoms with van der Waals surface area (Å²) >= 11 is 0. The molecular formula is C14H24N4O. The van der Waals surface area contributed by atoms with Crippen LogP contribution in [-0.2, 0) is 6.54 Å². The van der Waals surface area contributed by atoms with Crippen LogP contribution in [0.3, 0.4) is 0 Å². The van der Waals surface area contributed by atoms with E-state index in [1.54, 1.807) is 10.7 Å². The van der Waals surface area contributed by atoms with Gasteiger partial charge in [0, 0.05) is 25.2 Å². The smallest absolute Gasteiger partial charge is 0.268 e. The van der Waals surface area contributed by atoms with Gasteiger partial charge < -0.3 is 10.2 Å². The standard InChI is InChI=1S/C14H24N4O/c1-11(2)13(15-3)10-18-14(19)8-12(9-16-18)17-6-4-5-7-17/h8-9,11,13,15H,4-7,10H2,1-3H3. The number of hydrogen-bond donors (Lipinski definition) is 1. The summed E-state index contributed by atoms with van der Waals surface area (Å²) < 4.78 is 1.56. The number of hydrogen-bond acceptors (Lipinski definition) is 4. The topological polar surface area (TPSA) is 50.2 Å². The summed E-state index contributed by atoms with van der Waals surface area (Å²) in [7, 11) is 1.92. The lowest BCUT2D eigenvalue weighted by Gasteiger charge is -2.21. The number of aromatic nitrogens is 2. The molecule has 1 aliphatic heterocycles. The Morgan fingerprint density at radius 2 is 2.05 bits per heavy atom. The van der Waals surface area contributed by atoms with Crippen LogP contribution in [0, 0.1) is 5.92 Å². The molecule has 0 radical (unpaired) electrons. The summed E-state index contributed by atoms with van der Waals surface area (Å²) in [6.07, 6.45) is 4.23. The maximum Gasteiger partial charge on any atom is 0.268 e. The van der Waals surface area contributed by atoms with Crippen LogP contribution in [0.25, 0.3) is 0 Å². The molecule has 0 bridgehead atoms. The van der Waals surface area contributed by atoms with E-state index in [-0.39, 0.29) is 11.6 Å². The second-order valence-corrected chi connectivity index (χ2v) is 5.57. The first-order chi connectivity index (χ1) is 9.11. The van der Waals surface area contributed by atoms with E-state index in [0.29, 0.717) is 12.5 Å². The largest absolute Gasteiger partial charge is 0.370 e. The highest BCUT2D eigenvalue weighted by Crippen LogP contribution is 2.16. The molecule has 0 spiro atoms. The molecule has 19 heavy (non-hydrogen) atoms. The molecule has 1 saturated heterocycles. The fraction of sp³-hybridized carbons (Fsp3) is 0.714. The van der Waals surface area contributed by atoms with Crippen LogP contribution < -0.4 is 15.8 Å². The van der Waals surface area contributed by atoms with Gasteiger partial charge in [-0.25, -0.2) is 4.68 Å². The summed E-state index contributed by atoms with van der Waals surface area (Å²) in [5.41, 5.74) is 0.953. The van der Waals surface area contributed by atoms with Crippen LogP contribution in [0.15, 0.2) is 17.1 Å². The Kier molecular flexibility index (Phi) is 4.58. The molecule has 0 aromatic carbocycles. The van der Waals surface area contributed by atoms with Crippen LogP contribution in [0.4, 0.5) is 5.69 Å². The third-order valence-corrected chi connectivity index (χ3v) is 3.87. The minimum Gasteiger partial charge on any atom is -0.370 e. The molecule has 5 nitrogen and oxygen atoms in total. The molecule has 2 rings (SSSR count). The molecular weight excluding hydrogens is 240 g/mol. The zero-order chi connectivity index (χ0) is 13.8. The first kappa shape index (κ1) is 14.1. The van der Waals surface area contributed by atoms with E-state index in [0.717, 1.165) is 18.8 Å². The summed E-state index contributed by atoms with van der Waals surface area (Å²) in [4.78, 5) is 14.3. The van der Waals surface area contributed by atoms with E-state index >= 15 is 0 Å². The van der Waals surface area contributed by atoms with Crippen molar-refractivity contribution in [3.8, 4) is 0 Å². The van der Waals surface area contributed by atoms with Crippen LogP contribution >= 0.6 is 0 Å². The van der Waals surface area contributed by atoms with Gasteiger partial charge in [-0.15, -0.1) is 0 Å².